The third-order valence-electron chi connectivity index (χ3n) is 2.64. The average molecular weight is 340 g/mol. The van der Waals surface area contributed by atoms with Gasteiger partial charge in [-0.15, -0.1) is 0 Å². The van der Waals surface area contributed by atoms with Crippen molar-refractivity contribution in [1.82, 2.24) is 4.72 Å². The van der Waals surface area contributed by atoms with Crippen LogP contribution in [0.4, 0.5) is 0 Å². The fourth-order valence-corrected chi connectivity index (χ4v) is 3.95. The molecule has 5 nitrogen and oxygen atoms in total. The van der Waals surface area contributed by atoms with Crippen molar-refractivity contribution in [3.63, 3.8) is 0 Å². The molecule has 0 aliphatic carbocycles. The lowest BCUT2D eigenvalue weighted by molar-refractivity contribution is 0.0697. The van der Waals surface area contributed by atoms with Crippen molar-refractivity contribution in [2.24, 2.45) is 0 Å². The molecule has 1 rings (SSSR count). The van der Waals surface area contributed by atoms with Gasteiger partial charge < -0.3 is 5.11 Å². The quantitative estimate of drug-likeness (QED) is 0.833. The largest absolute Gasteiger partial charge is 0.478 e. The molecule has 1 aromatic rings. The Morgan fingerprint density at radius 1 is 1.40 bits per heavy atom. The molecule has 0 bridgehead atoms. The molecule has 8 heteroatoms. The van der Waals surface area contributed by atoms with Crippen molar-refractivity contribution in [3.05, 3.63) is 27.7 Å². The van der Waals surface area contributed by atoms with Crippen LogP contribution in [0.1, 0.15) is 37.0 Å². The van der Waals surface area contributed by atoms with E-state index in [1.165, 1.54) is 12.1 Å². The van der Waals surface area contributed by atoms with Crippen molar-refractivity contribution in [3.8, 4) is 0 Å². The smallest absolute Gasteiger partial charge is 0.338 e. The molecule has 0 radical (unpaired) electrons. The molecule has 0 aromatic heterocycles. The summed E-state index contributed by atoms with van der Waals surface area (Å²) < 4.78 is 26.8. The van der Waals surface area contributed by atoms with Crippen LogP contribution in [0.25, 0.3) is 0 Å². The summed E-state index contributed by atoms with van der Waals surface area (Å²) in [5, 5.41) is 8.52. The van der Waals surface area contributed by atoms with Crippen LogP contribution in [-0.4, -0.2) is 25.5 Å². The van der Waals surface area contributed by atoms with E-state index in [2.05, 4.69) is 4.72 Å². The van der Waals surface area contributed by atoms with Gasteiger partial charge in [0.05, 0.1) is 15.6 Å². The van der Waals surface area contributed by atoms with E-state index in [4.69, 9.17) is 28.3 Å². The lowest BCUT2D eigenvalue weighted by atomic mass is 10.2. The Morgan fingerprint density at radius 3 is 2.50 bits per heavy atom. The molecular formula is C12H15Cl2NO4S. The highest BCUT2D eigenvalue weighted by molar-refractivity contribution is 7.89. The number of carboxylic acid groups (broad SMARTS) is 1. The van der Waals surface area contributed by atoms with Crippen molar-refractivity contribution < 1.29 is 18.3 Å². The van der Waals surface area contributed by atoms with Crippen molar-refractivity contribution in [2.75, 3.05) is 0 Å². The number of rotatable bonds is 6. The summed E-state index contributed by atoms with van der Waals surface area (Å²) in [5.41, 5.74) is -0.417. The number of aromatic carboxylic acids is 1. The van der Waals surface area contributed by atoms with Gasteiger partial charge in [0.1, 0.15) is 4.90 Å². The number of sulfonamides is 1. The summed E-state index contributed by atoms with van der Waals surface area (Å²) in [7, 11) is -3.89. The van der Waals surface area contributed by atoms with Gasteiger partial charge in [0.2, 0.25) is 10.0 Å². The van der Waals surface area contributed by atoms with E-state index >= 15 is 0 Å². The lowest BCUT2D eigenvalue weighted by Crippen LogP contribution is -2.32. The highest BCUT2D eigenvalue weighted by Crippen LogP contribution is 2.31. The van der Waals surface area contributed by atoms with Gasteiger partial charge in [-0.25, -0.2) is 17.9 Å². The number of halogens is 2. The van der Waals surface area contributed by atoms with Gasteiger partial charge in [0.15, 0.2) is 0 Å². The van der Waals surface area contributed by atoms with E-state index in [1.807, 2.05) is 6.92 Å². The van der Waals surface area contributed by atoms with E-state index in [0.29, 0.717) is 6.42 Å². The molecule has 0 saturated heterocycles. The first-order valence-corrected chi connectivity index (χ1v) is 8.18. The summed E-state index contributed by atoms with van der Waals surface area (Å²) in [4.78, 5) is 10.8. The fourth-order valence-electron chi connectivity index (χ4n) is 1.76. The average Bonchev–Trinajstić information content (AvgIpc) is 2.27. The summed E-state index contributed by atoms with van der Waals surface area (Å²) >= 11 is 11.6. The molecule has 112 valence electrons. The van der Waals surface area contributed by atoms with E-state index in [0.717, 1.165) is 6.42 Å². The normalized spacial score (nSPS) is 13.2. The Labute approximate surface area is 127 Å². The molecule has 2 N–H and O–H groups in total. The molecule has 0 amide bonds. The second-order valence-electron chi connectivity index (χ2n) is 4.35. The van der Waals surface area contributed by atoms with E-state index in [9.17, 15) is 13.2 Å². The molecular weight excluding hydrogens is 325 g/mol. The summed E-state index contributed by atoms with van der Waals surface area (Å²) in [6.07, 6.45) is 1.48. The number of carbonyl (C=O) groups is 1. The molecule has 0 aliphatic heterocycles. The maximum Gasteiger partial charge on any atom is 0.338 e. The number of hydrogen-bond acceptors (Lipinski definition) is 3. The van der Waals surface area contributed by atoms with Gasteiger partial charge in [-0.1, -0.05) is 36.5 Å². The van der Waals surface area contributed by atoms with Crippen LogP contribution in [0.3, 0.4) is 0 Å². The highest BCUT2D eigenvalue weighted by Gasteiger charge is 2.25. The van der Waals surface area contributed by atoms with Crippen LogP contribution in [0.15, 0.2) is 17.0 Å². The van der Waals surface area contributed by atoms with Gasteiger partial charge in [-0.2, -0.15) is 0 Å². The maximum atomic E-state index is 12.2. The Hall–Kier alpha value is -0.820. The highest BCUT2D eigenvalue weighted by atomic mass is 35.5. The van der Waals surface area contributed by atoms with Crippen LogP contribution in [0.2, 0.25) is 10.0 Å². The summed E-state index contributed by atoms with van der Waals surface area (Å²) in [5.74, 6) is -1.38. The van der Waals surface area contributed by atoms with E-state index < -0.39 is 21.6 Å². The second kappa shape index (κ2) is 6.76. The molecule has 0 fully saturated rings. The Balaban J connectivity index is 3.26. The SMILES string of the molecule is CCCC(C)NS(=O)(=O)c1ccc(Cl)c(C(=O)O)c1Cl. The van der Waals surface area contributed by atoms with Crippen LogP contribution >= 0.6 is 23.2 Å². The first-order chi connectivity index (χ1) is 9.20. The predicted molar refractivity (Wildman–Crippen MR) is 78.1 cm³/mol. The zero-order valence-corrected chi connectivity index (χ0v) is 13.3. The van der Waals surface area contributed by atoms with E-state index in [-0.39, 0.29) is 21.0 Å². The van der Waals surface area contributed by atoms with E-state index in [1.54, 1.807) is 6.92 Å². The molecule has 1 atom stereocenters. The standard InChI is InChI=1S/C12H15Cl2NO4S/c1-3-4-7(2)15-20(18,19)9-6-5-8(13)10(11(9)14)12(16)17/h5-7,15H,3-4H2,1-2H3,(H,16,17). The van der Waals surface area contributed by atoms with Gasteiger partial charge in [0.25, 0.3) is 0 Å². The summed E-state index contributed by atoms with van der Waals surface area (Å²) in [6, 6.07) is 2.12. The third-order valence-corrected chi connectivity index (χ3v) is 5.09. The van der Waals surface area contributed by atoms with Crippen molar-refractivity contribution >= 4 is 39.2 Å². The van der Waals surface area contributed by atoms with Crippen molar-refractivity contribution in [2.45, 2.75) is 37.6 Å². The molecule has 0 spiro atoms. The molecule has 20 heavy (non-hydrogen) atoms. The number of nitrogens with one attached hydrogen (secondary N) is 1. The number of benzene rings is 1. The summed E-state index contributed by atoms with van der Waals surface area (Å²) in [6.45, 7) is 3.66. The van der Waals surface area contributed by atoms with Gasteiger partial charge in [0, 0.05) is 6.04 Å². The fraction of sp³-hybridized carbons (Fsp3) is 0.417. The Kier molecular flexibility index (Phi) is 5.82. The molecule has 0 heterocycles. The van der Waals surface area contributed by atoms with Gasteiger partial charge in [-0.05, 0) is 25.5 Å². The third kappa shape index (κ3) is 3.85. The molecule has 0 aliphatic rings. The molecule has 0 saturated carbocycles. The first-order valence-electron chi connectivity index (χ1n) is 5.94. The monoisotopic (exact) mass is 339 g/mol. The predicted octanol–water partition coefficient (Wildman–Crippen LogP) is 3.16. The lowest BCUT2D eigenvalue weighted by Gasteiger charge is -2.15. The Morgan fingerprint density at radius 2 is 2.00 bits per heavy atom. The number of carboxylic acids is 1. The minimum absolute atomic E-state index is 0.108. The zero-order valence-electron chi connectivity index (χ0n) is 11.0. The minimum atomic E-state index is -3.89. The van der Waals surface area contributed by atoms with Crippen LogP contribution in [0.5, 0.6) is 0 Å². The maximum absolute atomic E-state index is 12.2. The van der Waals surface area contributed by atoms with Crippen molar-refractivity contribution in [1.29, 1.82) is 0 Å². The zero-order chi connectivity index (χ0) is 15.5. The Bertz CT molecular complexity index is 616. The minimum Gasteiger partial charge on any atom is -0.478 e. The number of hydrogen-bond donors (Lipinski definition) is 2. The van der Waals surface area contributed by atoms with Gasteiger partial charge in [-0.3, -0.25) is 0 Å². The molecule has 1 unspecified atom stereocenters. The molecule has 1 aromatic carbocycles. The second-order valence-corrected chi connectivity index (χ2v) is 6.82. The van der Waals surface area contributed by atoms with Gasteiger partial charge >= 0.3 is 5.97 Å². The van der Waals surface area contributed by atoms with Crippen LogP contribution in [-0.2, 0) is 10.0 Å². The topological polar surface area (TPSA) is 83.5 Å². The first kappa shape index (κ1) is 17.2. The van der Waals surface area contributed by atoms with Crippen LogP contribution in [0, 0.1) is 0 Å². The van der Waals surface area contributed by atoms with Crippen LogP contribution < -0.4 is 4.72 Å².